The number of carboxylic acid groups (broad SMARTS) is 1. The quantitative estimate of drug-likeness (QED) is 0.272. The molecule has 2 saturated heterocycles. The number of halogens is 5. The zero-order valence-corrected chi connectivity index (χ0v) is 27.4. The van der Waals surface area contributed by atoms with Gasteiger partial charge in [0.25, 0.3) is 0 Å². The predicted octanol–water partition coefficient (Wildman–Crippen LogP) is 1.28. The van der Waals surface area contributed by atoms with Crippen LogP contribution >= 0.6 is 11.3 Å². The number of benzene rings is 1. The molecule has 4 heterocycles. The van der Waals surface area contributed by atoms with Crippen LogP contribution in [0.1, 0.15) is 43.6 Å². The van der Waals surface area contributed by atoms with Crippen molar-refractivity contribution >= 4 is 34.1 Å². The van der Waals surface area contributed by atoms with Gasteiger partial charge in [-0.3, -0.25) is 9.80 Å². The summed E-state index contributed by atoms with van der Waals surface area (Å²) < 4.78 is 70.6. The van der Waals surface area contributed by atoms with Gasteiger partial charge in [-0.15, -0.1) is 0 Å². The molecule has 2 aliphatic heterocycles. The molecule has 0 radical (unpaired) electrons. The molecule has 2 fully saturated rings. The van der Waals surface area contributed by atoms with E-state index in [-0.39, 0.29) is 76.1 Å². The number of carbonyl (C=O) groups is 1. The van der Waals surface area contributed by atoms with Gasteiger partial charge in [0.1, 0.15) is 12.1 Å². The first-order valence-electron chi connectivity index (χ1n) is 14.0. The predicted molar refractivity (Wildman–Crippen MR) is 150 cm³/mol. The van der Waals surface area contributed by atoms with Gasteiger partial charge in [0.2, 0.25) is 5.82 Å². The summed E-state index contributed by atoms with van der Waals surface area (Å²) in [6.07, 6.45) is -1.69. The molecule has 0 saturated carbocycles. The Morgan fingerprint density at radius 2 is 1.75 bits per heavy atom. The van der Waals surface area contributed by atoms with E-state index in [1.165, 1.54) is 6.33 Å². The summed E-state index contributed by atoms with van der Waals surface area (Å²) in [7, 11) is 0. The van der Waals surface area contributed by atoms with Crippen LogP contribution in [0.2, 0.25) is 0 Å². The largest absolute Gasteiger partial charge is 1.00 e. The number of piperazine rings is 1. The Morgan fingerprint density at radius 1 is 1.07 bits per heavy atom. The van der Waals surface area contributed by atoms with Crippen LogP contribution in [0.15, 0.2) is 24.5 Å². The third-order valence-corrected chi connectivity index (χ3v) is 8.91. The number of anilines is 3. The fourth-order valence-corrected chi connectivity index (χ4v) is 6.55. The Bertz CT molecular complexity index is 1460. The van der Waals surface area contributed by atoms with E-state index in [2.05, 4.69) is 39.0 Å². The number of carbonyl (C=O) groups excluding carboxylic acids is 1. The summed E-state index contributed by atoms with van der Waals surface area (Å²) in [5, 5.41) is 13.8. The van der Waals surface area contributed by atoms with Crippen molar-refractivity contribution in [2.24, 2.45) is 0 Å². The molecule has 1 N–H and O–H groups in total. The number of likely N-dealkylation sites (tertiary alicyclic amines) is 1. The Kier molecular flexibility index (Phi) is 11.2. The van der Waals surface area contributed by atoms with Crippen molar-refractivity contribution in [2.75, 3.05) is 42.9 Å². The molecule has 3 aromatic rings. The number of aliphatic carboxylic acids is 1. The van der Waals surface area contributed by atoms with Gasteiger partial charge in [0, 0.05) is 67.8 Å². The van der Waals surface area contributed by atoms with Gasteiger partial charge in [-0.25, -0.2) is 19.3 Å². The van der Waals surface area contributed by atoms with E-state index >= 15 is 4.39 Å². The minimum atomic E-state index is -4.74. The van der Waals surface area contributed by atoms with Crippen molar-refractivity contribution in [3.63, 3.8) is 0 Å². The third-order valence-electron chi connectivity index (χ3n) is 7.96. The Balaban J connectivity index is 0.00000442. The number of nitrogens with one attached hydrogen (secondary N) is 1. The van der Waals surface area contributed by atoms with E-state index in [0.717, 1.165) is 36.3 Å². The standard InChI is InChI=1S/C28H32F5N7O2S.Na/c1-16-3-4-17(2)40(16)14-21-24(18-11-19(28(31,32)33)13-20(29)12-18)36-27(43-21)37-25-23(30)26(35-15-34-25)39-9-7-38(8-10-39)6-5-22(41)42;/h11-13,15-17H,3-10,14H2,1-2H3,(H,41,42)(H,34,35,36,37);/q;+1/p-1/t16-,17-;/m1./s1. The smallest absolute Gasteiger partial charge is 0.550 e. The number of aromatic nitrogens is 3. The molecule has 0 aliphatic carbocycles. The molecule has 2 atom stereocenters. The van der Waals surface area contributed by atoms with Gasteiger partial charge >= 0.3 is 35.7 Å². The Labute approximate surface area is 277 Å². The van der Waals surface area contributed by atoms with Crippen molar-refractivity contribution in [1.29, 1.82) is 0 Å². The second kappa shape index (κ2) is 14.3. The zero-order chi connectivity index (χ0) is 30.9. The van der Waals surface area contributed by atoms with Crippen LogP contribution in [0.3, 0.4) is 0 Å². The maximum atomic E-state index is 15.7. The molecule has 0 amide bonds. The molecular formula is C28H31F5N7NaO2S. The second-order valence-electron chi connectivity index (χ2n) is 10.9. The van der Waals surface area contributed by atoms with Crippen molar-refractivity contribution in [3.05, 3.63) is 46.6 Å². The molecule has 44 heavy (non-hydrogen) atoms. The number of hydrogen-bond acceptors (Lipinski definition) is 10. The third kappa shape index (κ3) is 8.04. The SMILES string of the molecule is C[C@@H]1CC[C@@H](C)N1Cc1sc(Nc2ncnc(N3CCN(CCC(=O)[O-])CC3)c2F)nc1-c1cc(F)cc(C(F)(F)F)c1.[Na+]. The molecule has 0 spiro atoms. The maximum absolute atomic E-state index is 15.7. The Hall–Kier alpha value is -2.43. The molecule has 232 valence electrons. The first kappa shape index (κ1) is 34.4. The molecule has 2 aliphatic rings. The number of thiazole rings is 1. The molecule has 0 unspecified atom stereocenters. The van der Waals surface area contributed by atoms with Gasteiger partial charge in [-0.05, 0) is 51.3 Å². The Morgan fingerprint density at radius 3 is 2.39 bits per heavy atom. The molecular weight excluding hydrogens is 616 g/mol. The number of hydrogen-bond donors (Lipinski definition) is 1. The van der Waals surface area contributed by atoms with Crippen LogP contribution in [0.25, 0.3) is 11.3 Å². The van der Waals surface area contributed by atoms with Crippen LogP contribution in [-0.2, 0) is 17.5 Å². The van der Waals surface area contributed by atoms with Crippen LogP contribution in [0.5, 0.6) is 0 Å². The molecule has 5 rings (SSSR count). The van der Waals surface area contributed by atoms with Crippen molar-refractivity contribution in [1.82, 2.24) is 24.8 Å². The first-order valence-corrected chi connectivity index (χ1v) is 14.8. The molecule has 9 nitrogen and oxygen atoms in total. The number of rotatable bonds is 9. The first-order chi connectivity index (χ1) is 20.4. The zero-order valence-electron chi connectivity index (χ0n) is 24.6. The van der Waals surface area contributed by atoms with Crippen LogP contribution in [-0.4, -0.2) is 75.5 Å². The van der Waals surface area contributed by atoms with E-state index in [4.69, 9.17) is 0 Å². The monoisotopic (exact) mass is 647 g/mol. The van der Waals surface area contributed by atoms with E-state index in [0.29, 0.717) is 50.2 Å². The summed E-state index contributed by atoms with van der Waals surface area (Å²) in [6, 6.07) is 2.81. The summed E-state index contributed by atoms with van der Waals surface area (Å²) in [6.45, 7) is 6.74. The fourth-order valence-electron chi connectivity index (χ4n) is 5.56. The van der Waals surface area contributed by atoms with Gasteiger partial charge in [-0.1, -0.05) is 11.3 Å². The van der Waals surface area contributed by atoms with Gasteiger partial charge in [-0.2, -0.15) is 17.6 Å². The number of nitrogens with zero attached hydrogens (tertiary/aromatic N) is 6. The number of carboxylic acids is 1. The second-order valence-corrected chi connectivity index (χ2v) is 12.0. The fraction of sp³-hybridized carbons (Fsp3) is 0.500. The van der Waals surface area contributed by atoms with Crippen molar-refractivity contribution in [2.45, 2.75) is 57.9 Å². The summed E-state index contributed by atoms with van der Waals surface area (Å²) in [4.78, 5) is 29.9. The van der Waals surface area contributed by atoms with Crippen LogP contribution < -0.4 is 44.9 Å². The number of alkyl halides is 3. The minimum Gasteiger partial charge on any atom is -0.550 e. The molecule has 2 aromatic heterocycles. The van der Waals surface area contributed by atoms with E-state index in [1.807, 2.05) is 4.90 Å². The van der Waals surface area contributed by atoms with Crippen LogP contribution in [0, 0.1) is 11.6 Å². The normalized spacial score (nSPS) is 19.7. The minimum absolute atomic E-state index is 0. The average molecular weight is 648 g/mol. The van der Waals surface area contributed by atoms with Gasteiger partial charge in [0.15, 0.2) is 16.8 Å². The van der Waals surface area contributed by atoms with Gasteiger partial charge in [0.05, 0.1) is 11.3 Å². The van der Waals surface area contributed by atoms with E-state index in [9.17, 15) is 27.5 Å². The molecule has 1 aromatic carbocycles. The van der Waals surface area contributed by atoms with Gasteiger partial charge < -0.3 is 20.1 Å². The average Bonchev–Trinajstić information content (AvgIpc) is 3.50. The topological polar surface area (TPSA) is 101 Å². The molecule has 0 bridgehead atoms. The van der Waals surface area contributed by atoms with E-state index < -0.39 is 29.3 Å². The van der Waals surface area contributed by atoms with E-state index in [1.54, 1.807) is 4.90 Å². The van der Waals surface area contributed by atoms with Crippen LogP contribution in [0.4, 0.5) is 38.7 Å². The summed E-state index contributed by atoms with van der Waals surface area (Å²) in [5.74, 6) is -2.98. The molecule has 16 heteroatoms. The maximum Gasteiger partial charge on any atom is 1.00 e. The summed E-state index contributed by atoms with van der Waals surface area (Å²) in [5.41, 5.74) is -0.956. The summed E-state index contributed by atoms with van der Waals surface area (Å²) >= 11 is 1.15. The van der Waals surface area contributed by atoms with Crippen molar-refractivity contribution in [3.8, 4) is 11.3 Å². The van der Waals surface area contributed by atoms with Crippen molar-refractivity contribution < 1.29 is 61.4 Å².